The highest BCUT2D eigenvalue weighted by molar-refractivity contribution is 5.69. The van der Waals surface area contributed by atoms with Gasteiger partial charge in [0, 0.05) is 0 Å². The molecule has 0 aliphatic carbocycles. The Morgan fingerprint density at radius 2 is 2.11 bits per heavy atom. The molecule has 1 aromatic rings. The summed E-state index contributed by atoms with van der Waals surface area (Å²) < 4.78 is 12.8. The summed E-state index contributed by atoms with van der Waals surface area (Å²) in [5, 5.41) is 16.0. The van der Waals surface area contributed by atoms with Crippen molar-refractivity contribution in [2.45, 2.75) is 13.0 Å². The lowest BCUT2D eigenvalue weighted by Gasteiger charge is -2.08. The summed E-state index contributed by atoms with van der Waals surface area (Å²) in [6.07, 6.45) is -1.55. The van der Waals surface area contributed by atoms with Gasteiger partial charge in [-0.15, -0.1) is 0 Å². The van der Waals surface area contributed by atoms with Gasteiger partial charge in [0.1, 0.15) is 12.7 Å². The molecule has 1 aromatic heterocycles. The van der Waals surface area contributed by atoms with E-state index in [1.165, 1.54) is 13.2 Å². The summed E-state index contributed by atoms with van der Waals surface area (Å²) in [6.45, 7) is 1.10. The number of ether oxygens (including phenoxy) is 2. The highest BCUT2D eigenvalue weighted by Gasteiger charge is 2.09. The third-order valence-electron chi connectivity index (χ3n) is 1.40. The SMILES string of the molecule is CC(COC(=O)O)OC(=O)O.O=Cc1ccco1. The van der Waals surface area contributed by atoms with Crippen molar-refractivity contribution < 1.29 is 38.5 Å². The fourth-order valence-corrected chi connectivity index (χ4v) is 0.753. The van der Waals surface area contributed by atoms with Crippen LogP contribution in [0.4, 0.5) is 9.59 Å². The highest BCUT2D eigenvalue weighted by atomic mass is 16.7. The molecule has 0 aliphatic rings. The zero-order valence-electron chi connectivity index (χ0n) is 9.44. The molecule has 0 radical (unpaired) electrons. The van der Waals surface area contributed by atoms with Crippen molar-refractivity contribution in [1.29, 1.82) is 0 Å². The number of furan rings is 1. The molecule has 0 aliphatic heterocycles. The Bertz CT molecular complexity index is 369. The Hall–Kier alpha value is -2.51. The lowest BCUT2D eigenvalue weighted by atomic mass is 10.4. The zero-order valence-corrected chi connectivity index (χ0v) is 9.44. The second-order valence-electron chi connectivity index (χ2n) is 2.90. The Labute approximate surface area is 102 Å². The molecule has 0 spiro atoms. The Kier molecular flexibility index (Phi) is 7.42. The number of carbonyl (C=O) groups excluding carboxylic acids is 1. The van der Waals surface area contributed by atoms with E-state index in [1.807, 2.05) is 0 Å². The maximum Gasteiger partial charge on any atom is 0.506 e. The van der Waals surface area contributed by atoms with Crippen LogP contribution in [-0.4, -0.2) is 41.5 Å². The van der Waals surface area contributed by atoms with Crippen LogP contribution in [0.1, 0.15) is 17.5 Å². The Balaban J connectivity index is 0.000000351. The molecule has 0 saturated heterocycles. The van der Waals surface area contributed by atoms with E-state index < -0.39 is 18.4 Å². The van der Waals surface area contributed by atoms with E-state index in [0.717, 1.165) is 0 Å². The fourth-order valence-electron chi connectivity index (χ4n) is 0.753. The molecule has 0 bridgehead atoms. The lowest BCUT2D eigenvalue weighted by molar-refractivity contribution is 0.0122. The Morgan fingerprint density at radius 1 is 1.44 bits per heavy atom. The van der Waals surface area contributed by atoms with E-state index in [4.69, 9.17) is 10.2 Å². The van der Waals surface area contributed by atoms with Crippen molar-refractivity contribution in [3.63, 3.8) is 0 Å². The minimum atomic E-state index is -1.45. The van der Waals surface area contributed by atoms with E-state index in [-0.39, 0.29) is 6.61 Å². The van der Waals surface area contributed by atoms with Crippen molar-refractivity contribution in [3.8, 4) is 0 Å². The van der Waals surface area contributed by atoms with Gasteiger partial charge in [-0.1, -0.05) is 0 Å². The van der Waals surface area contributed by atoms with Crippen LogP contribution in [-0.2, 0) is 9.47 Å². The summed E-state index contributed by atoms with van der Waals surface area (Å²) in [5.74, 6) is 0.375. The van der Waals surface area contributed by atoms with Crippen molar-refractivity contribution in [3.05, 3.63) is 24.2 Å². The van der Waals surface area contributed by atoms with Gasteiger partial charge in [0.05, 0.1) is 6.26 Å². The maximum absolute atomic E-state index is 9.83. The van der Waals surface area contributed by atoms with Gasteiger partial charge >= 0.3 is 12.3 Å². The average molecular weight is 260 g/mol. The van der Waals surface area contributed by atoms with Gasteiger partial charge in [0.25, 0.3) is 0 Å². The summed E-state index contributed by atoms with van der Waals surface area (Å²) in [7, 11) is 0. The number of rotatable bonds is 4. The molecule has 8 nitrogen and oxygen atoms in total. The zero-order chi connectivity index (χ0) is 14.0. The maximum atomic E-state index is 9.83. The van der Waals surface area contributed by atoms with Crippen molar-refractivity contribution >= 4 is 18.6 Å². The van der Waals surface area contributed by atoms with Gasteiger partial charge in [-0.25, -0.2) is 9.59 Å². The third kappa shape index (κ3) is 8.77. The van der Waals surface area contributed by atoms with E-state index in [0.29, 0.717) is 12.0 Å². The van der Waals surface area contributed by atoms with Crippen LogP contribution in [0.2, 0.25) is 0 Å². The highest BCUT2D eigenvalue weighted by Crippen LogP contribution is 1.93. The largest absolute Gasteiger partial charge is 0.506 e. The molecule has 1 atom stereocenters. The number of carboxylic acid groups (broad SMARTS) is 2. The van der Waals surface area contributed by atoms with Gasteiger partial charge in [0.2, 0.25) is 0 Å². The van der Waals surface area contributed by atoms with E-state index in [9.17, 15) is 14.4 Å². The predicted octanol–water partition coefficient (Wildman–Crippen LogP) is 1.86. The third-order valence-corrected chi connectivity index (χ3v) is 1.40. The molecular formula is C10H12O8. The predicted molar refractivity (Wildman–Crippen MR) is 56.6 cm³/mol. The topological polar surface area (TPSA) is 123 Å². The number of aldehydes is 1. The molecule has 1 rings (SSSR count). The van der Waals surface area contributed by atoms with Crippen LogP contribution in [0.3, 0.4) is 0 Å². The molecule has 8 heteroatoms. The first-order valence-electron chi connectivity index (χ1n) is 4.69. The van der Waals surface area contributed by atoms with E-state index in [1.54, 1.807) is 12.1 Å². The summed E-state index contributed by atoms with van der Waals surface area (Å²) in [5.41, 5.74) is 0. The van der Waals surface area contributed by atoms with Gasteiger partial charge in [-0.2, -0.15) is 0 Å². The van der Waals surface area contributed by atoms with E-state index in [2.05, 4.69) is 13.9 Å². The molecule has 0 amide bonds. The van der Waals surface area contributed by atoms with E-state index >= 15 is 0 Å². The molecule has 100 valence electrons. The summed E-state index contributed by atoms with van der Waals surface area (Å²) in [4.78, 5) is 29.4. The average Bonchev–Trinajstić information content (AvgIpc) is 2.79. The monoisotopic (exact) mass is 260 g/mol. The number of hydrogen-bond donors (Lipinski definition) is 2. The smallest absolute Gasteiger partial charge is 0.462 e. The molecule has 1 heterocycles. The Morgan fingerprint density at radius 3 is 2.44 bits per heavy atom. The standard InChI is InChI=1S/C5H8O6.C5H4O2/c1-3(11-5(8)9)2-10-4(6)7;6-4-5-2-1-3-7-5/h3H,2H2,1H3,(H,6,7)(H,8,9);1-4H. The normalized spacial score (nSPS) is 10.5. The first-order chi connectivity index (χ1) is 8.45. The summed E-state index contributed by atoms with van der Waals surface area (Å²) >= 11 is 0. The first-order valence-corrected chi connectivity index (χ1v) is 4.69. The first kappa shape index (κ1) is 15.5. The molecule has 0 fully saturated rings. The van der Waals surface area contributed by atoms with Crippen LogP contribution in [0.5, 0.6) is 0 Å². The molecule has 18 heavy (non-hydrogen) atoms. The van der Waals surface area contributed by atoms with Crippen LogP contribution >= 0.6 is 0 Å². The van der Waals surface area contributed by atoms with Gasteiger partial charge in [-0.05, 0) is 19.1 Å². The molecule has 1 unspecified atom stereocenters. The minimum Gasteiger partial charge on any atom is -0.462 e. The number of hydrogen-bond acceptors (Lipinski definition) is 6. The molecule has 0 aromatic carbocycles. The van der Waals surface area contributed by atoms with Crippen molar-refractivity contribution in [2.75, 3.05) is 6.61 Å². The second kappa shape index (κ2) is 8.62. The second-order valence-corrected chi connectivity index (χ2v) is 2.90. The quantitative estimate of drug-likeness (QED) is 0.620. The van der Waals surface area contributed by atoms with Crippen LogP contribution < -0.4 is 0 Å². The fraction of sp³-hybridized carbons (Fsp3) is 0.300. The molecule has 2 N–H and O–H groups in total. The van der Waals surface area contributed by atoms with Crippen molar-refractivity contribution in [1.82, 2.24) is 0 Å². The van der Waals surface area contributed by atoms with Crippen LogP contribution in [0.15, 0.2) is 22.8 Å². The molecular weight excluding hydrogens is 248 g/mol. The molecule has 0 saturated carbocycles. The number of carbonyl (C=O) groups is 3. The van der Waals surface area contributed by atoms with Crippen LogP contribution in [0.25, 0.3) is 0 Å². The van der Waals surface area contributed by atoms with Gasteiger partial charge < -0.3 is 24.1 Å². The lowest BCUT2D eigenvalue weighted by Crippen LogP contribution is -2.20. The van der Waals surface area contributed by atoms with Gasteiger partial charge in [-0.3, -0.25) is 4.79 Å². The minimum absolute atomic E-state index is 0.290. The van der Waals surface area contributed by atoms with Crippen molar-refractivity contribution in [2.24, 2.45) is 0 Å². The van der Waals surface area contributed by atoms with Crippen LogP contribution in [0, 0.1) is 0 Å². The van der Waals surface area contributed by atoms with Gasteiger partial charge in [0.15, 0.2) is 12.0 Å². The summed E-state index contributed by atoms with van der Waals surface area (Å²) in [6, 6.07) is 3.27.